The van der Waals surface area contributed by atoms with Crippen LogP contribution < -0.4 is 5.73 Å². The van der Waals surface area contributed by atoms with Crippen LogP contribution in [-0.2, 0) is 4.74 Å². The van der Waals surface area contributed by atoms with Crippen molar-refractivity contribution in [3.63, 3.8) is 0 Å². The largest absolute Gasteiger partial charge is 0.398 e. The van der Waals surface area contributed by atoms with Crippen LogP contribution in [0.4, 0.5) is 5.69 Å². The van der Waals surface area contributed by atoms with Gasteiger partial charge in [-0.2, -0.15) is 0 Å². The predicted molar refractivity (Wildman–Crippen MR) is 68.4 cm³/mol. The summed E-state index contributed by atoms with van der Waals surface area (Å²) < 4.78 is 5.48. The van der Waals surface area contributed by atoms with E-state index >= 15 is 0 Å². The van der Waals surface area contributed by atoms with Crippen LogP contribution in [0.25, 0.3) is 0 Å². The summed E-state index contributed by atoms with van der Waals surface area (Å²) in [6.07, 6.45) is 3.72. The summed E-state index contributed by atoms with van der Waals surface area (Å²) in [6, 6.07) is 5.02. The van der Waals surface area contributed by atoms with Gasteiger partial charge in [-0.1, -0.05) is 11.6 Å². The van der Waals surface area contributed by atoms with Crippen LogP contribution in [0.2, 0.25) is 5.02 Å². The molecule has 2 N–H and O–H groups in total. The van der Waals surface area contributed by atoms with Gasteiger partial charge in [0.15, 0.2) is 5.78 Å². The Morgan fingerprint density at radius 2 is 2.35 bits per heavy atom. The van der Waals surface area contributed by atoms with E-state index in [0.717, 1.165) is 25.9 Å². The molecule has 1 aliphatic rings. The summed E-state index contributed by atoms with van der Waals surface area (Å²) in [5.74, 6) is 0.101. The molecule has 1 saturated heterocycles. The van der Waals surface area contributed by atoms with Crippen LogP contribution in [0.1, 0.15) is 36.0 Å². The van der Waals surface area contributed by atoms with Crippen LogP contribution in [-0.4, -0.2) is 18.5 Å². The van der Waals surface area contributed by atoms with Gasteiger partial charge < -0.3 is 10.5 Å². The first kappa shape index (κ1) is 12.4. The van der Waals surface area contributed by atoms with E-state index < -0.39 is 0 Å². The van der Waals surface area contributed by atoms with Crippen LogP contribution in [0.15, 0.2) is 18.2 Å². The first-order chi connectivity index (χ1) is 8.16. The predicted octanol–water partition coefficient (Wildman–Crippen LogP) is 3.06. The van der Waals surface area contributed by atoms with Crippen molar-refractivity contribution in [2.24, 2.45) is 0 Å². The zero-order valence-corrected chi connectivity index (χ0v) is 10.4. The third-order valence-electron chi connectivity index (χ3n) is 3.04. The van der Waals surface area contributed by atoms with Gasteiger partial charge in [0.25, 0.3) is 0 Å². The minimum absolute atomic E-state index is 0.101. The average molecular weight is 254 g/mol. The lowest BCUT2D eigenvalue weighted by Gasteiger charge is -2.08. The van der Waals surface area contributed by atoms with Gasteiger partial charge in [0, 0.05) is 18.6 Å². The highest BCUT2D eigenvalue weighted by molar-refractivity contribution is 6.33. The number of rotatable bonds is 4. The van der Waals surface area contributed by atoms with Gasteiger partial charge in [-0.25, -0.2) is 0 Å². The van der Waals surface area contributed by atoms with E-state index in [2.05, 4.69) is 0 Å². The van der Waals surface area contributed by atoms with Gasteiger partial charge >= 0.3 is 0 Å². The summed E-state index contributed by atoms with van der Waals surface area (Å²) in [7, 11) is 0. The SMILES string of the molecule is Nc1cc(C(=O)CCC2CCCO2)ccc1Cl. The first-order valence-corrected chi connectivity index (χ1v) is 6.24. The molecule has 1 aromatic carbocycles. The van der Waals surface area contributed by atoms with Crippen molar-refractivity contribution in [3.05, 3.63) is 28.8 Å². The molecule has 1 heterocycles. The maximum Gasteiger partial charge on any atom is 0.163 e. The average Bonchev–Trinajstić information content (AvgIpc) is 2.82. The molecule has 0 aromatic heterocycles. The number of anilines is 1. The Kier molecular flexibility index (Phi) is 4.02. The Labute approximate surface area is 106 Å². The van der Waals surface area contributed by atoms with Gasteiger partial charge in [0.2, 0.25) is 0 Å². The Morgan fingerprint density at radius 3 is 3.00 bits per heavy atom. The number of ketones is 1. The van der Waals surface area contributed by atoms with E-state index in [9.17, 15) is 4.79 Å². The molecule has 1 aliphatic heterocycles. The number of Topliss-reactive ketones (excluding diaryl/α,β-unsaturated/α-hetero) is 1. The van der Waals surface area contributed by atoms with Crippen LogP contribution in [0.5, 0.6) is 0 Å². The molecular formula is C13H16ClNO2. The fourth-order valence-electron chi connectivity index (χ4n) is 2.03. The number of ether oxygens (including phenoxy) is 1. The normalized spacial score (nSPS) is 19.5. The Hall–Kier alpha value is -1.06. The molecule has 0 saturated carbocycles. The molecule has 4 heteroatoms. The lowest BCUT2D eigenvalue weighted by Crippen LogP contribution is -2.09. The number of nitrogen functional groups attached to an aromatic ring is 1. The van der Waals surface area contributed by atoms with E-state index in [0.29, 0.717) is 22.7 Å². The van der Waals surface area contributed by atoms with E-state index in [1.54, 1.807) is 18.2 Å². The molecule has 0 spiro atoms. The fourth-order valence-corrected chi connectivity index (χ4v) is 2.14. The van der Waals surface area contributed by atoms with Gasteiger partial charge in [0.05, 0.1) is 16.8 Å². The van der Waals surface area contributed by atoms with Gasteiger partial charge in [0.1, 0.15) is 0 Å². The standard InChI is InChI=1S/C13H16ClNO2/c14-11-5-3-9(8-12(11)15)13(16)6-4-10-2-1-7-17-10/h3,5,8,10H,1-2,4,6-7,15H2. The summed E-state index contributed by atoms with van der Waals surface area (Å²) in [5.41, 5.74) is 6.75. The maximum absolute atomic E-state index is 11.9. The first-order valence-electron chi connectivity index (χ1n) is 5.86. The number of nitrogens with two attached hydrogens (primary N) is 1. The molecule has 0 bridgehead atoms. The number of halogens is 1. The summed E-state index contributed by atoms with van der Waals surface area (Å²) in [4.78, 5) is 11.9. The third-order valence-corrected chi connectivity index (χ3v) is 3.38. The molecule has 3 nitrogen and oxygen atoms in total. The van der Waals surface area contributed by atoms with Gasteiger partial charge in [-0.15, -0.1) is 0 Å². The van der Waals surface area contributed by atoms with Crippen molar-refractivity contribution in [1.29, 1.82) is 0 Å². The summed E-state index contributed by atoms with van der Waals surface area (Å²) in [6.45, 7) is 0.826. The molecular weight excluding hydrogens is 238 g/mol. The van der Waals surface area contributed by atoms with E-state index in [1.165, 1.54) is 0 Å². The summed E-state index contributed by atoms with van der Waals surface area (Å²) in [5, 5.41) is 0.487. The monoisotopic (exact) mass is 253 g/mol. The van der Waals surface area contributed by atoms with Crippen molar-refractivity contribution in [3.8, 4) is 0 Å². The third kappa shape index (κ3) is 3.20. The fraction of sp³-hybridized carbons (Fsp3) is 0.462. The number of hydrogen-bond donors (Lipinski definition) is 1. The Balaban J connectivity index is 1.92. The van der Waals surface area contributed by atoms with Crippen molar-refractivity contribution in [2.45, 2.75) is 31.8 Å². The molecule has 1 aromatic rings. The zero-order chi connectivity index (χ0) is 12.3. The van der Waals surface area contributed by atoms with Gasteiger partial charge in [-0.05, 0) is 37.5 Å². The number of carbonyl (C=O) groups is 1. The van der Waals surface area contributed by atoms with E-state index in [-0.39, 0.29) is 11.9 Å². The lowest BCUT2D eigenvalue weighted by atomic mass is 10.0. The molecule has 17 heavy (non-hydrogen) atoms. The smallest absolute Gasteiger partial charge is 0.163 e. The molecule has 1 atom stereocenters. The highest BCUT2D eigenvalue weighted by Crippen LogP contribution is 2.22. The Bertz CT molecular complexity index is 414. The van der Waals surface area contributed by atoms with E-state index in [4.69, 9.17) is 22.1 Å². The molecule has 1 fully saturated rings. The second kappa shape index (κ2) is 5.52. The second-order valence-corrected chi connectivity index (χ2v) is 4.74. The van der Waals surface area contributed by atoms with Crippen molar-refractivity contribution < 1.29 is 9.53 Å². The molecule has 0 radical (unpaired) electrons. The number of benzene rings is 1. The summed E-state index contributed by atoms with van der Waals surface area (Å²) >= 11 is 5.81. The second-order valence-electron chi connectivity index (χ2n) is 4.33. The van der Waals surface area contributed by atoms with Gasteiger partial charge in [-0.3, -0.25) is 4.79 Å². The molecule has 92 valence electrons. The highest BCUT2D eigenvalue weighted by Gasteiger charge is 2.17. The van der Waals surface area contributed by atoms with Crippen molar-refractivity contribution in [1.82, 2.24) is 0 Å². The van der Waals surface area contributed by atoms with Crippen molar-refractivity contribution >= 4 is 23.1 Å². The number of hydrogen-bond acceptors (Lipinski definition) is 3. The van der Waals surface area contributed by atoms with E-state index in [1.807, 2.05) is 0 Å². The zero-order valence-electron chi connectivity index (χ0n) is 9.62. The highest BCUT2D eigenvalue weighted by atomic mass is 35.5. The van der Waals surface area contributed by atoms with Crippen molar-refractivity contribution in [2.75, 3.05) is 12.3 Å². The van der Waals surface area contributed by atoms with Crippen LogP contribution in [0.3, 0.4) is 0 Å². The molecule has 1 unspecified atom stereocenters. The number of carbonyl (C=O) groups excluding carboxylic acids is 1. The Morgan fingerprint density at radius 1 is 1.53 bits per heavy atom. The lowest BCUT2D eigenvalue weighted by molar-refractivity contribution is 0.0859. The quantitative estimate of drug-likeness (QED) is 0.663. The maximum atomic E-state index is 11.9. The van der Waals surface area contributed by atoms with Crippen LogP contribution in [0, 0.1) is 0 Å². The minimum atomic E-state index is 0.101. The van der Waals surface area contributed by atoms with Crippen LogP contribution >= 0.6 is 11.6 Å². The molecule has 2 rings (SSSR count). The molecule has 0 aliphatic carbocycles. The topological polar surface area (TPSA) is 52.3 Å². The minimum Gasteiger partial charge on any atom is -0.398 e. The molecule has 0 amide bonds.